The molecule has 168 valence electrons. The third kappa shape index (κ3) is 4.84. The molecule has 2 heteroatoms. The first-order valence-electron chi connectivity index (χ1n) is 11.8. The quantitative estimate of drug-likeness (QED) is 0.480. The van der Waals surface area contributed by atoms with Gasteiger partial charge in [-0.05, 0) is 68.4 Å². The molecule has 0 bridgehead atoms. The lowest BCUT2D eigenvalue weighted by Crippen LogP contribution is -2.21. The van der Waals surface area contributed by atoms with Gasteiger partial charge < -0.3 is 10.2 Å². The van der Waals surface area contributed by atoms with E-state index in [1.807, 2.05) is 0 Å². The fraction of sp³-hybridized carbons (Fsp3) is 0.517. The molecule has 2 unspecified atom stereocenters. The van der Waals surface area contributed by atoms with Crippen LogP contribution in [-0.2, 0) is 0 Å². The van der Waals surface area contributed by atoms with Crippen molar-refractivity contribution < 1.29 is 10.2 Å². The predicted molar refractivity (Wildman–Crippen MR) is 131 cm³/mol. The molecule has 3 rings (SSSR count). The molecule has 0 amide bonds. The van der Waals surface area contributed by atoms with Gasteiger partial charge in [0.25, 0.3) is 0 Å². The zero-order chi connectivity index (χ0) is 23.0. The van der Waals surface area contributed by atoms with Gasteiger partial charge in [0.15, 0.2) is 0 Å². The molecule has 0 radical (unpaired) electrons. The summed E-state index contributed by atoms with van der Waals surface area (Å²) in [6.45, 7) is 17.2. The summed E-state index contributed by atoms with van der Waals surface area (Å²) in [5, 5.41) is 22.8. The molecule has 1 aliphatic rings. The summed E-state index contributed by atoms with van der Waals surface area (Å²) in [6, 6.07) is 8.48. The first-order valence-corrected chi connectivity index (χ1v) is 11.8. The number of phenolic OH excluding ortho intramolecular Hbond substituents is 2. The van der Waals surface area contributed by atoms with Crippen LogP contribution in [0.15, 0.2) is 35.9 Å². The van der Waals surface area contributed by atoms with Crippen molar-refractivity contribution in [2.75, 3.05) is 0 Å². The normalized spacial score (nSPS) is 19.4. The maximum atomic E-state index is 11.4. The summed E-state index contributed by atoms with van der Waals surface area (Å²) in [6.07, 6.45) is 4.42. The van der Waals surface area contributed by atoms with Crippen LogP contribution in [0.3, 0.4) is 0 Å². The van der Waals surface area contributed by atoms with Crippen molar-refractivity contribution in [1.82, 2.24) is 0 Å². The van der Waals surface area contributed by atoms with Crippen LogP contribution in [0.4, 0.5) is 0 Å². The van der Waals surface area contributed by atoms with Gasteiger partial charge in [0.2, 0.25) is 0 Å². The molecule has 1 aliphatic carbocycles. The average molecular weight is 421 g/mol. The number of hydrogen-bond acceptors (Lipinski definition) is 2. The van der Waals surface area contributed by atoms with Crippen LogP contribution in [0.1, 0.15) is 106 Å². The van der Waals surface area contributed by atoms with Gasteiger partial charge in [-0.3, -0.25) is 0 Å². The minimum Gasteiger partial charge on any atom is -0.507 e. The van der Waals surface area contributed by atoms with Gasteiger partial charge in [0.05, 0.1) is 0 Å². The van der Waals surface area contributed by atoms with Crippen LogP contribution < -0.4 is 0 Å². The molecule has 2 N–H and O–H groups in total. The molecule has 0 spiro atoms. The van der Waals surface area contributed by atoms with E-state index in [1.54, 1.807) is 0 Å². The predicted octanol–water partition coefficient (Wildman–Crippen LogP) is 8.09. The highest BCUT2D eigenvalue weighted by Crippen LogP contribution is 2.49. The highest BCUT2D eigenvalue weighted by atomic mass is 16.3. The standard InChI is InChI=1S/C29H40O2/c1-16(2)23-12-20(7)14-25(28(23)30)27(22-10-18(5)9-19(6)11-22)26-15-21(8)13-24(17(3)4)29(26)31/h9,12-18,22,27,30-31H,10-11H2,1-8H3. The molecule has 0 heterocycles. The van der Waals surface area contributed by atoms with E-state index < -0.39 is 0 Å². The van der Waals surface area contributed by atoms with E-state index in [9.17, 15) is 10.2 Å². The Morgan fingerprint density at radius 3 is 1.55 bits per heavy atom. The summed E-state index contributed by atoms with van der Waals surface area (Å²) in [5.41, 5.74) is 7.64. The zero-order valence-electron chi connectivity index (χ0n) is 20.6. The molecule has 2 atom stereocenters. The fourth-order valence-electron chi connectivity index (χ4n) is 5.55. The number of aryl methyl sites for hydroxylation is 2. The van der Waals surface area contributed by atoms with E-state index in [4.69, 9.17) is 0 Å². The summed E-state index contributed by atoms with van der Waals surface area (Å²) >= 11 is 0. The van der Waals surface area contributed by atoms with Crippen molar-refractivity contribution in [2.24, 2.45) is 11.8 Å². The summed E-state index contributed by atoms with van der Waals surface area (Å²) in [7, 11) is 0. The molecule has 0 aliphatic heterocycles. The van der Waals surface area contributed by atoms with Gasteiger partial charge in [-0.25, -0.2) is 0 Å². The molecule has 2 aromatic rings. The number of hydrogen-bond donors (Lipinski definition) is 2. The first kappa shape index (κ1) is 23.4. The third-order valence-electron chi connectivity index (χ3n) is 6.84. The van der Waals surface area contributed by atoms with Crippen LogP contribution in [-0.4, -0.2) is 10.2 Å². The van der Waals surface area contributed by atoms with Crippen molar-refractivity contribution in [1.29, 1.82) is 0 Å². The number of phenols is 2. The Labute approximate surface area is 189 Å². The van der Waals surface area contributed by atoms with E-state index >= 15 is 0 Å². The monoisotopic (exact) mass is 420 g/mol. The molecule has 31 heavy (non-hydrogen) atoms. The zero-order valence-corrected chi connectivity index (χ0v) is 20.6. The topological polar surface area (TPSA) is 40.5 Å². The Morgan fingerprint density at radius 1 is 0.742 bits per heavy atom. The molecule has 2 nitrogen and oxygen atoms in total. The molecule has 0 saturated carbocycles. The molecule has 2 aromatic carbocycles. The van der Waals surface area contributed by atoms with Gasteiger partial charge in [-0.15, -0.1) is 0 Å². The molecule has 0 saturated heterocycles. The largest absolute Gasteiger partial charge is 0.507 e. The lowest BCUT2D eigenvalue weighted by atomic mass is 9.69. The van der Waals surface area contributed by atoms with Crippen LogP contribution in [0.5, 0.6) is 11.5 Å². The number of benzene rings is 2. The van der Waals surface area contributed by atoms with Crippen molar-refractivity contribution in [3.8, 4) is 11.5 Å². The minimum absolute atomic E-state index is 0.0408. The maximum absolute atomic E-state index is 11.4. The third-order valence-corrected chi connectivity index (χ3v) is 6.84. The van der Waals surface area contributed by atoms with Gasteiger partial charge in [-0.2, -0.15) is 0 Å². The van der Waals surface area contributed by atoms with Gasteiger partial charge in [0.1, 0.15) is 11.5 Å². The van der Waals surface area contributed by atoms with Gasteiger partial charge >= 0.3 is 0 Å². The van der Waals surface area contributed by atoms with Crippen molar-refractivity contribution >= 4 is 0 Å². The maximum Gasteiger partial charge on any atom is 0.122 e. The Morgan fingerprint density at radius 2 is 1.16 bits per heavy atom. The summed E-state index contributed by atoms with van der Waals surface area (Å²) < 4.78 is 0. The smallest absolute Gasteiger partial charge is 0.122 e. The van der Waals surface area contributed by atoms with E-state index in [0.717, 1.165) is 46.2 Å². The number of rotatable bonds is 5. The summed E-state index contributed by atoms with van der Waals surface area (Å²) in [5.74, 6) is 2.07. The van der Waals surface area contributed by atoms with Crippen molar-refractivity contribution in [2.45, 2.75) is 86.0 Å². The van der Waals surface area contributed by atoms with Gasteiger partial charge in [-0.1, -0.05) is 81.7 Å². The lowest BCUT2D eigenvalue weighted by molar-refractivity contribution is 0.348. The highest BCUT2D eigenvalue weighted by Gasteiger charge is 2.34. The Hall–Kier alpha value is -2.22. The SMILES string of the molecule is CC1=CC(C)CC(C(c2cc(C)cc(C(C)C)c2O)c2cc(C)cc(C(C)C)c2O)C1. The van der Waals surface area contributed by atoms with Crippen LogP contribution in [0.25, 0.3) is 0 Å². The Bertz CT molecular complexity index is 917. The Balaban J connectivity index is 2.30. The number of aromatic hydroxyl groups is 2. The van der Waals surface area contributed by atoms with Crippen molar-refractivity contribution in [3.05, 3.63) is 69.3 Å². The van der Waals surface area contributed by atoms with Gasteiger partial charge in [0, 0.05) is 17.0 Å². The van der Waals surface area contributed by atoms with E-state index in [-0.39, 0.29) is 17.8 Å². The second-order valence-corrected chi connectivity index (χ2v) is 10.6. The van der Waals surface area contributed by atoms with E-state index in [0.29, 0.717) is 23.3 Å². The highest BCUT2D eigenvalue weighted by molar-refractivity contribution is 5.55. The van der Waals surface area contributed by atoms with E-state index in [1.165, 1.54) is 5.57 Å². The molecule has 0 fully saturated rings. The van der Waals surface area contributed by atoms with Crippen LogP contribution in [0.2, 0.25) is 0 Å². The van der Waals surface area contributed by atoms with Crippen LogP contribution in [0, 0.1) is 25.7 Å². The average Bonchev–Trinajstić information content (AvgIpc) is 2.65. The van der Waals surface area contributed by atoms with E-state index in [2.05, 4.69) is 85.7 Å². The fourth-order valence-corrected chi connectivity index (χ4v) is 5.55. The minimum atomic E-state index is -0.0408. The first-order chi connectivity index (χ1) is 14.5. The van der Waals surface area contributed by atoms with Crippen LogP contribution >= 0.6 is 0 Å². The summed E-state index contributed by atoms with van der Waals surface area (Å²) in [4.78, 5) is 0. The molecule has 0 aromatic heterocycles. The second kappa shape index (κ2) is 9.10. The molecular formula is C29H40O2. The lowest BCUT2D eigenvalue weighted by Gasteiger charge is -2.35. The molecular weight excluding hydrogens is 380 g/mol. The van der Waals surface area contributed by atoms with Crippen molar-refractivity contribution in [3.63, 3.8) is 0 Å². The second-order valence-electron chi connectivity index (χ2n) is 10.6. The number of allylic oxidation sites excluding steroid dienone is 2. The Kier molecular flexibility index (Phi) is 6.88.